The van der Waals surface area contributed by atoms with Crippen LogP contribution < -0.4 is 14.4 Å². The summed E-state index contributed by atoms with van der Waals surface area (Å²) >= 11 is 9.42. The van der Waals surface area contributed by atoms with Crippen LogP contribution in [0.15, 0.2) is 82.2 Å². The molecule has 0 saturated heterocycles. The van der Waals surface area contributed by atoms with Gasteiger partial charge in [-0.05, 0) is 93.4 Å². The molecule has 0 bridgehead atoms. The molecule has 3 aromatic rings. The molecule has 41 heavy (non-hydrogen) atoms. The van der Waals surface area contributed by atoms with Crippen LogP contribution in [0.1, 0.15) is 39.7 Å². The Hall–Kier alpha value is -3.08. The summed E-state index contributed by atoms with van der Waals surface area (Å²) in [6.45, 7) is 7.36. The molecular weight excluding hydrogens is 630 g/mol. The molecular formula is C30H35BrClN3O5S. The maximum absolute atomic E-state index is 14.0. The van der Waals surface area contributed by atoms with Gasteiger partial charge in [-0.2, -0.15) is 0 Å². The molecule has 3 rings (SSSR count). The molecule has 0 fully saturated rings. The zero-order chi connectivity index (χ0) is 30.2. The van der Waals surface area contributed by atoms with Gasteiger partial charge in [0.1, 0.15) is 18.3 Å². The van der Waals surface area contributed by atoms with E-state index >= 15 is 0 Å². The highest BCUT2D eigenvalue weighted by molar-refractivity contribution is 9.10. The molecule has 220 valence electrons. The maximum atomic E-state index is 14.0. The number of ether oxygens (including phenoxy) is 1. The molecule has 0 aliphatic rings. The minimum Gasteiger partial charge on any atom is -0.494 e. The van der Waals surface area contributed by atoms with Crippen LogP contribution >= 0.6 is 27.5 Å². The molecule has 0 aromatic heterocycles. The van der Waals surface area contributed by atoms with Crippen molar-refractivity contribution in [2.24, 2.45) is 0 Å². The second kappa shape index (κ2) is 14.7. The maximum Gasteiger partial charge on any atom is 0.264 e. The molecule has 8 nitrogen and oxygen atoms in total. The van der Waals surface area contributed by atoms with Gasteiger partial charge in [-0.25, -0.2) is 8.42 Å². The zero-order valence-corrected chi connectivity index (χ0v) is 26.7. The number of carbonyl (C=O) groups excluding carboxylic acids is 2. The first-order valence-electron chi connectivity index (χ1n) is 13.3. The number of halogens is 2. The Morgan fingerprint density at radius 1 is 0.951 bits per heavy atom. The average Bonchev–Trinajstić information content (AvgIpc) is 2.95. The molecule has 2 amide bonds. The molecule has 0 heterocycles. The lowest BCUT2D eigenvalue weighted by Gasteiger charge is -2.32. The lowest BCUT2D eigenvalue weighted by molar-refractivity contribution is -0.139. The van der Waals surface area contributed by atoms with Gasteiger partial charge in [-0.15, -0.1) is 0 Å². The summed E-state index contributed by atoms with van der Waals surface area (Å²) in [5.41, 5.74) is 1.06. The third-order valence-electron chi connectivity index (χ3n) is 6.55. The van der Waals surface area contributed by atoms with Crippen molar-refractivity contribution in [3.05, 3.63) is 87.9 Å². The van der Waals surface area contributed by atoms with Gasteiger partial charge < -0.3 is 15.0 Å². The Morgan fingerprint density at radius 3 is 2.12 bits per heavy atom. The Balaban J connectivity index is 2.02. The molecule has 0 spiro atoms. The summed E-state index contributed by atoms with van der Waals surface area (Å²) < 4.78 is 35.2. The van der Waals surface area contributed by atoms with Crippen LogP contribution in [-0.2, 0) is 26.2 Å². The van der Waals surface area contributed by atoms with E-state index in [-0.39, 0.29) is 29.1 Å². The number of hydrogen-bond donors (Lipinski definition) is 1. The van der Waals surface area contributed by atoms with E-state index in [2.05, 4.69) is 21.2 Å². The van der Waals surface area contributed by atoms with E-state index < -0.39 is 28.5 Å². The topological polar surface area (TPSA) is 96.0 Å². The third kappa shape index (κ3) is 8.70. The molecule has 0 aliphatic heterocycles. The number of nitrogens with one attached hydrogen (secondary N) is 1. The standard InChI is InChI=1S/C30H35BrClN3O5S/c1-5-21(3)33-30(37)22(4)34(19-23-7-9-24(31)10-8-23)29(36)20-35(26-13-15-27(16-14-26)40-6-2)41(38,39)28-17-11-25(32)12-18-28/h7-18,21-22H,5-6,19-20H2,1-4H3,(H,33,37)/t21-,22-/m0/s1. The zero-order valence-electron chi connectivity index (χ0n) is 23.5. The van der Waals surface area contributed by atoms with Crippen molar-refractivity contribution in [2.45, 2.75) is 57.6 Å². The van der Waals surface area contributed by atoms with Crippen molar-refractivity contribution in [3.63, 3.8) is 0 Å². The van der Waals surface area contributed by atoms with Crippen molar-refractivity contribution in [3.8, 4) is 5.75 Å². The molecule has 0 saturated carbocycles. The van der Waals surface area contributed by atoms with Crippen LogP contribution in [0.25, 0.3) is 0 Å². The number of hydrogen-bond acceptors (Lipinski definition) is 5. The lowest BCUT2D eigenvalue weighted by atomic mass is 10.1. The van der Waals surface area contributed by atoms with Gasteiger partial charge in [0.15, 0.2) is 0 Å². The van der Waals surface area contributed by atoms with Crippen molar-refractivity contribution in [2.75, 3.05) is 17.5 Å². The van der Waals surface area contributed by atoms with E-state index in [1.54, 1.807) is 31.2 Å². The summed E-state index contributed by atoms with van der Waals surface area (Å²) in [5.74, 6) is -0.289. The van der Waals surface area contributed by atoms with Gasteiger partial charge in [0.25, 0.3) is 10.0 Å². The van der Waals surface area contributed by atoms with E-state index in [4.69, 9.17) is 16.3 Å². The van der Waals surface area contributed by atoms with Crippen LogP contribution in [-0.4, -0.2) is 50.4 Å². The minimum absolute atomic E-state index is 0.0226. The predicted molar refractivity (Wildman–Crippen MR) is 166 cm³/mol. The number of nitrogens with zero attached hydrogens (tertiary/aromatic N) is 2. The second-order valence-corrected chi connectivity index (χ2v) is 12.7. The molecule has 2 atom stereocenters. The second-order valence-electron chi connectivity index (χ2n) is 9.53. The van der Waals surface area contributed by atoms with Crippen LogP contribution in [0.4, 0.5) is 5.69 Å². The largest absolute Gasteiger partial charge is 0.494 e. The highest BCUT2D eigenvalue weighted by Crippen LogP contribution is 2.27. The van der Waals surface area contributed by atoms with Crippen LogP contribution in [0.5, 0.6) is 5.75 Å². The van der Waals surface area contributed by atoms with Crippen molar-refractivity contribution >= 4 is 55.1 Å². The number of benzene rings is 3. The third-order valence-corrected chi connectivity index (χ3v) is 9.12. The van der Waals surface area contributed by atoms with E-state index in [9.17, 15) is 18.0 Å². The van der Waals surface area contributed by atoms with Crippen LogP contribution in [0, 0.1) is 0 Å². The fourth-order valence-corrected chi connectivity index (χ4v) is 5.78. The smallest absolute Gasteiger partial charge is 0.264 e. The van der Waals surface area contributed by atoms with Gasteiger partial charge in [-0.3, -0.25) is 13.9 Å². The van der Waals surface area contributed by atoms with E-state index in [1.165, 1.54) is 29.2 Å². The molecule has 11 heteroatoms. The lowest BCUT2D eigenvalue weighted by Crippen LogP contribution is -2.52. The number of carbonyl (C=O) groups is 2. The normalized spacial score (nSPS) is 12.7. The molecule has 3 aromatic carbocycles. The summed E-state index contributed by atoms with van der Waals surface area (Å²) in [5, 5.41) is 3.31. The van der Waals surface area contributed by atoms with E-state index in [0.717, 1.165) is 20.8 Å². The Bertz CT molecular complexity index is 1420. The monoisotopic (exact) mass is 663 g/mol. The Kier molecular flexibility index (Phi) is 11.6. The van der Waals surface area contributed by atoms with Crippen molar-refractivity contribution < 1.29 is 22.7 Å². The highest BCUT2D eigenvalue weighted by Gasteiger charge is 2.32. The van der Waals surface area contributed by atoms with Gasteiger partial charge in [0.2, 0.25) is 11.8 Å². The fraction of sp³-hybridized carbons (Fsp3) is 0.333. The van der Waals surface area contributed by atoms with Crippen LogP contribution in [0.2, 0.25) is 5.02 Å². The van der Waals surface area contributed by atoms with Crippen LogP contribution in [0.3, 0.4) is 0 Å². The fourth-order valence-electron chi connectivity index (χ4n) is 3.97. The SMILES string of the molecule is CCOc1ccc(N(CC(=O)N(Cc2ccc(Br)cc2)[C@@H](C)C(=O)N[C@@H](C)CC)S(=O)(=O)c2ccc(Cl)cc2)cc1. The van der Waals surface area contributed by atoms with Gasteiger partial charge in [0, 0.05) is 22.1 Å². The number of sulfonamides is 1. The molecule has 0 aliphatic carbocycles. The van der Waals surface area contributed by atoms with Gasteiger partial charge >= 0.3 is 0 Å². The van der Waals surface area contributed by atoms with Crippen molar-refractivity contribution in [1.82, 2.24) is 10.2 Å². The highest BCUT2D eigenvalue weighted by atomic mass is 79.9. The van der Waals surface area contributed by atoms with E-state index in [0.29, 0.717) is 17.4 Å². The van der Waals surface area contributed by atoms with Gasteiger partial charge in [0.05, 0.1) is 17.2 Å². The summed E-state index contributed by atoms with van der Waals surface area (Å²) in [6.07, 6.45) is 0.726. The first-order chi connectivity index (χ1) is 19.5. The number of anilines is 1. The number of amides is 2. The molecule has 0 unspecified atom stereocenters. The minimum atomic E-state index is -4.19. The van der Waals surface area contributed by atoms with E-state index in [1.807, 2.05) is 45.0 Å². The Labute approximate surface area is 255 Å². The number of rotatable bonds is 13. The summed E-state index contributed by atoms with van der Waals surface area (Å²) in [6, 6.07) is 18.7. The van der Waals surface area contributed by atoms with Gasteiger partial charge in [-0.1, -0.05) is 46.6 Å². The summed E-state index contributed by atoms with van der Waals surface area (Å²) in [7, 11) is -4.19. The van der Waals surface area contributed by atoms with Crippen molar-refractivity contribution in [1.29, 1.82) is 0 Å². The predicted octanol–water partition coefficient (Wildman–Crippen LogP) is 6.03. The summed E-state index contributed by atoms with van der Waals surface area (Å²) in [4.78, 5) is 28.5. The quantitative estimate of drug-likeness (QED) is 0.241. The first-order valence-corrected chi connectivity index (χ1v) is 15.9. The molecule has 0 radical (unpaired) electrons. The average molecular weight is 665 g/mol. The first kappa shape index (κ1) is 32.4. The Morgan fingerprint density at radius 2 is 1.56 bits per heavy atom. The molecule has 1 N–H and O–H groups in total.